The minimum atomic E-state index is -0.477. The van der Waals surface area contributed by atoms with E-state index in [0.717, 1.165) is 25.8 Å². The lowest BCUT2D eigenvalue weighted by Crippen LogP contribution is -2.50. The number of hydrogen-bond acceptors (Lipinski definition) is 1. The summed E-state index contributed by atoms with van der Waals surface area (Å²) in [7, 11) is 0. The third-order valence-electron chi connectivity index (χ3n) is 1.29. The first-order chi connectivity index (χ1) is 4.06. The van der Waals surface area contributed by atoms with Gasteiger partial charge in [-0.3, -0.25) is 0 Å². The summed E-state index contributed by atoms with van der Waals surface area (Å²) in [5, 5.41) is 9.22. The van der Waals surface area contributed by atoms with Crippen molar-refractivity contribution in [2.75, 3.05) is 6.54 Å². The van der Waals surface area contributed by atoms with E-state index in [-0.39, 0.29) is 0 Å². The van der Waals surface area contributed by atoms with Crippen LogP contribution in [0.4, 0.5) is 0 Å². The molecule has 0 aliphatic heterocycles. The molecule has 0 amide bonds. The molecule has 0 rings (SSSR count). The van der Waals surface area contributed by atoms with Gasteiger partial charge in [-0.2, -0.15) is 0 Å². The molecule has 0 unspecified atom stereocenters. The summed E-state index contributed by atoms with van der Waals surface area (Å²) in [6.07, 6.45) is 3.11. The minimum Gasteiger partial charge on any atom is -0.390 e. The van der Waals surface area contributed by atoms with E-state index in [4.69, 9.17) is 0 Å². The highest BCUT2D eigenvalue weighted by Gasteiger charge is 2.10. The van der Waals surface area contributed by atoms with Gasteiger partial charge in [0.15, 0.2) is 0 Å². The summed E-state index contributed by atoms with van der Waals surface area (Å²) in [6.45, 7) is 4.67. The zero-order valence-corrected chi connectivity index (χ0v) is 6.48. The fraction of sp³-hybridized carbons (Fsp3) is 1.00. The van der Waals surface area contributed by atoms with Crippen LogP contribution < -0.4 is 5.73 Å². The lowest BCUT2D eigenvalue weighted by Gasteiger charge is -2.15. The van der Waals surface area contributed by atoms with E-state index in [9.17, 15) is 5.11 Å². The number of aliphatic hydroxyl groups is 1. The van der Waals surface area contributed by atoms with Gasteiger partial charge in [0.2, 0.25) is 0 Å². The van der Waals surface area contributed by atoms with Crippen LogP contribution in [-0.2, 0) is 0 Å². The van der Waals surface area contributed by atoms with E-state index in [1.54, 1.807) is 0 Å². The van der Waals surface area contributed by atoms with Gasteiger partial charge in [0, 0.05) is 0 Å². The van der Waals surface area contributed by atoms with Crippen molar-refractivity contribution in [1.82, 2.24) is 0 Å². The number of rotatable bonds is 4. The topological polar surface area (TPSA) is 47.9 Å². The minimum absolute atomic E-state index is 0.477. The van der Waals surface area contributed by atoms with Gasteiger partial charge in [0.25, 0.3) is 0 Å². The fourth-order valence-corrected chi connectivity index (χ4v) is 0.734. The van der Waals surface area contributed by atoms with E-state index in [0.29, 0.717) is 0 Å². The monoisotopic (exact) mass is 132 g/mol. The summed E-state index contributed by atoms with van der Waals surface area (Å²) in [6, 6.07) is 0. The van der Waals surface area contributed by atoms with Crippen molar-refractivity contribution in [3.63, 3.8) is 0 Å². The van der Waals surface area contributed by atoms with E-state index in [2.05, 4.69) is 5.73 Å². The molecule has 56 valence electrons. The Hall–Kier alpha value is -0.0800. The van der Waals surface area contributed by atoms with E-state index < -0.39 is 5.60 Å². The van der Waals surface area contributed by atoms with Crippen LogP contribution in [0.5, 0.6) is 0 Å². The molecular weight excluding hydrogens is 114 g/mol. The maximum Gasteiger partial charge on any atom is 0.0739 e. The Bertz CT molecular complexity index is 65.8. The molecule has 0 fully saturated rings. The first kappa shape index (κ1) is 8.92. The number of unbranched alkanes of at least 4 members (excludes halogenated alkanes) is 1. The second-order valence-electron chi connectivity index (χ2n) is 3.12. The Morgan fingerprint density at radius 3 is 2.22 bits per heavy atom. The molecule has 0 spiro atoms. The maximum atomic E-state index is 9.22. The highest BCUT2D eigenvalue weighted by atomic mass is 16.3. The second kappa shape index (κ2) is 3.85. The second-order valence-corrected chi connectivity index (χ2v) is 3.12. The molecule has 0 radical (unpaired) electrons. The molecule has 0 aromatic rings. The molecule has 2 nitrogen and oxygen atoms in total. The first-order valence-electron chi connectivity index (χ1n) is 3.58. The number of hydrogen-bond donors (Lipinski definition) is 2. The summed E-state index contributed by atoms with van der Waals surface area (Å²) >= 11 is 0. The average molecular weight is 132 g/mol. The molecule has 0 heterocycles. The Kier molecular flexibility index (Phi) is 3.82. The molecular formula is C7H18NO+. The highest BCUT2D eigenvalue weighted by molar-refractivity contribution is 4.63. The van der Waals surface area contributed by atoms with Crippen LogP contribution in [0.2, 0.25) is 0 Å². The largest absolute Gasteiger partial charge is 0.390 e. The van der Waals surface area contributed by atoms with Gasteiger partial charge in [-0.25, -0.2) is 0 Å². The average Bonchev–Trinajstić information content (AvgIpc) is 1.63. The molecule has 0 saturated heterocycles. The highest BCUT2D eigenvalue weighted by Crippen LogP contribution is 2.10. The summed E-state index contributed by atoms with van der Waals surface area (Å²) in [5.41, 5.74) is 3.25. The van der Waals surface area contributed by atoms with Crippen molar-refractivity contribution < 1.29 is 10.8 Å². The smallest absolute Gasteiger partial charge is 0.0739 e. The summed E-state index contributed by atoms with van der Waals surface area (Å²) in [5.74, 6) is 0. The third-order valence-corrected chi connectivity index (χ3v) is 1.29. The van der Waals surface area contributed by atoms with Gasteiger partial charge in [-0.1, -0.05) is 0 Å². The molecule has 0 saturated carbocycles. The Morgan fingerprint density at radius 2 is 1.89 bits per heavy atom. The van der Waals surface area contributed by atoms with Gasteiger partial charge >= 0.3 is 0 Å². The summed E-state index contributed by atoms with van der Waals surface area (Å²) < 4.78 is 0. The van der Waals surface area contributed by atoms with Crippen LogP contribution in [0.1, 0.15) is 33.1 Å². The third kappa shape index (κ3) is 7.92. The van der Waals surface area contributed by atoms with Crippen molar-refractivity contribution in [3.05, 3.63) is 0 Å². The van der Waals surface area contributed by atoms with Crippen LogP contribution in [0, 0.1) is 0 Å². The van der Waals surface area contributed by atoms with Crippen LogP contribution in [0.3, 0.4) is 0 Å². The van der Waals surface area contributed by atoms with Crippen molar-refractivity contribution in [1.29, 1.82) is 0 Å². The Labute approximate surface area is 57.1 Å². The lowest BCUT2D eigenvalue weighted by atomic mass is 10.0. The van der Waals surface area contributed by atoms with Gasteiger partial charge in [-0.05, 0) is 33.1 Å². The van der Waals surface area contributed by atoms with Gasteiger partial charge in [0.1, 0.15) is 0 Å². The first-order valence-corrected chi connectivity index (χ1v) is 3.58. The Morgan fingerprint density at radius 1 is 1.33 bits per heavy atom. The lowest BCUT2D eigenvalue weighted by molar-refractivity contribution is -0.368. The molecule has 0 aromatic heterocycles. The summed E-state index contributed by atoms with van der Waals surface area (Å²) in [4.78, 5) is 0. The van der Waals surface area contributed by atoms with E-state index in [1.807, 2.05) is 13.8 Å². The quantitative estimate of drug-likeness (QED) is 0.526. The molecule has 0 aliphatic carbocycles. The molecule has 0 aromatic carbocycles. The van der Waals surface area contributed by atoms with Gasteiger partial charge in [-0.15, -0.1) is 0 Å². The van der Waals surface area contributed by atoms with Crippen LogP contribution >= 0.6 is 0 Å². The zero-order valence-electron chi connectivity index (χ0n) is 6.48. The van der Waals surface area contributed by atoms with Crippen molar-refractivity contribution >= 4 is 0 Å². The zero-order chi connectivity index (χ0) is 7.33. The van der Waals surface area contributed by atoms with E-state index in [1.165, 1.54) is 0 Å². The fourth-order valence-electron chi connectivity index (χ4n) is 0.734. The number of quaternary nitrogens is 1. The predicted molar refractivity (Wildman–Crippen MR) is 37.9 cm³/mol. The molecule has 2 heteroatoms. The molecule has 4 N–H and O–H groups in total. The van der Waals surface area contributed by atoms with Crippen LogP contribution in [0.15, 0.2) is 0 Å². The molecule has 0 bridgehead atoms. The van der Waals surface area contributed by atoms with Gasteiger partial charge in [0.05, 0.1) is 12.1 Å². The SMILES string of the molecule is CC(C)(O)CCCC[NH3+]. The molecule has 0 atom stereocenters. The standard InChI is InChI=1S/C7H17NO/c1-7(2,9)5-3-4-6-8/h9H,3-6,8H2,1-2H3/p+1. The van der Waals surface area contributed by atoms with Crippen molar-refractivity contribution in [2.45, 2.75) is 38.7 Å². The van der Waals surface area contributed by atoms with Crippen LogP contribution in [-0.4, -0.2) is 17.3 Å². The normalized spacial score (nSPS) is 12.0. The maximum absolute atomic E-state index is 9.22. The van der Waals surface area contributed by atoms with Crippen molar-refractivity contribution in [2.24, 2.45) is 0 Å². The predicted octanol–water partition coefficient (Wildman–Crippen LogP) is 0.169. The molecule has 9 heavy (non-hydrogen) atoms. The molecule has 0 aliphatic rings. The van der Waals surface area contributed by atoms with E-state index >= 15 is 0 Å². The van der Waals surface area contributed by atoms with Gasteiger partial charge < -0.3 is 10.8 Å². The van der Waals surface area contributed by atoms with Crippen LogP contribution in [0.25, 0.3) is 0 Å². The Balaban J connectivity index is 3.07. The van der Waals surface area contributed by atoms with Crippen molar-refractivity contribution in [3.8, 4) is 0 Å².